The topological polar surface area (TPSA) is 104 Å². The molecule has 9 heteroatoms. The van der Waals surface area contributed by atoms with Gasteiger partial charge >= 0.3 is 0 Å². The Kier molecular flexibility index (Phi) is 6.25. The number of benzene rings is 1. The molecule has 0 amide bonds. The van der Waals surface area contributed by atoms with Gasteiger partial charge in [0.25, 0.3) is 0 Å². The van der Waals surface area contributed by atoms with Crippen molar-refractivity contribution in [2.24, 2.45) is 5.14 Å². The van der Waals surface area contributed by atoms with Crippen LogP contribution in [0, 0.1) is 0 Å². The molecule has 2 heterocycles. The zero-order chi connectivity index (χ0) is 19.3. The summed E-state index contributed by atoms with van der Waals surface area (Å²) < 4.78 is 22.6. The maximum absolute atomic E-state index is 11.3. The van der Waals surface area contributed by atoms with Gasteiger partial charge in [0, 0.05) is 38.8 Å². The summed E-state index contributed by atoms with van der Waals surface area (Å²) in [6.45, 7) is 8.01. The van der Waals surface area contributed by atoms with E-state index in [1.54, 1.807) is 18.5 Å². The Morgan fingerprint density at radius 1 is 1.11 bits per heavy atom. The van der Waals surface area contributed by atoms with E-state index < -0.39 is 10.0 Å². The lowest BCUT2D eigenvalue weighted by atomic mass is 10.1. The summed E-state index contributed by atoms with van der Waals surface area (Å²) in [5, 5.41) is 8.42. The number of anilines is 2. The van der Waals surface area contributed by atoms with Crippen LogP contribution in [0.1, 0.15) is 12.5 Å². The van der Waals surface area contributed by atoms with E-state index in [4.69, 9.17) is 5.14 Å². The van der Waals surface area contributed by atoms with Crippen molar-refractivity contribution in [3.8, 4) is 0 Å². The van der Waals surface area contributed by atoms with Gasteiger partial charge < -0.3 is 15.1 Å². The van der Waals surface area contributed by atoms with E-state index in [0.717, 1.165) is 56.3 Å². The standard InChI is InChI=1S/C18H26N6O2S/c1-2-23-9-11-24(12-10-23)18-13-17(21-14-22-18)20-8-7-15-3-5-16(6-4-15)27(19,25)26/h3-6,13-14H,2,7-12H2,1H3,(H2,19,25,26)(H,20,21,22). The van der Waals surface area contributed by atoms with Crippen LogP contribution in [-0.4, -0.2) is 62.6 Å². The molecule has 3 rings (SSSR count). The third-order valence-electron chi connectivity index (χ3n) is 4.77. The van der Waals surface area contributed by atoms with Crippen LogP contribution in [0.2, 0.25) is 0 Å². The number of piperazine rings is 1. The molecule has 0 bridgehead atoms. The summed E-state index contributed by atoms with van der Waals surface area (Å²) in [4.78, 5) is 13.5. The first-order chi connectivity index (χ1) is 13.0. The molecule has 8 nitrogen and oxygen atoms in total. The minimum absolute atomic E-state index is 0.128. The minimum atomic E-state index is -3.64. The third-order valence-corrected chi connectivity index (χ3v) is 5.70. The molecule has 0 atom stereocenters. The molecule has 3 N–H and O–H groups in total. The molecule has 146 valence electrons. The number of nitrogens with zero attached hydrogens (tertiary/aromatic N) is 4. The Labute approximate surface area is 160 Å². The first kappa shape index (κ1) is 19.5. The molecule has 1 aromatic carbocycles. The van der Waals surface area contributed by atoms with Crippen molar-refractivity contribution in [2.75, 3.05) is 49.5 Å². The second-order valence-corrected chi connectivity index (χ2v) is 8.11. The van der Waals surface area contributed by atoms with Gasteiger partial charge in [-0.1, -0.05) is 19.1 Å². The highest BCUT2D eigenvalue weighted by atomic mass is 32.2. The van der Waals surface area contributed by atoms with Crippen LogP contribution in [0.5, 0.6) is 0 Å². The summed E-state index contributed by atoms with van der Waals surface area (Å²) >= 11 is 0. The lowest BCUT2D eigenvalue weighted by molar-refractivity contribution is 0.270. The highest BCUT2D eigenvalue weighted by Crippen LogP contribution is 2.16. The molecule has 0 unspecified atom stereocenters. The van der Waals surface area contributed by atoms with Crippen molar-refractivity contribution in [2.45, 2.75) is 18.2 Å². The van der Waals surface area contributed by atoms with Crippen molar-refractivity contribution < 1.29 is 8.42 Å². The van der Waals surface area contributed by atoms with Crippen LogP contribution in [0.3, 0.4) is 0 Å². The summed E-state index contributed by atoms with van der Waals surface area (Å²) in [7, 11) is -3.64. The average molecular weight is 391 g/mol. The Morgan fingerprint density at radius 3 is 2.44 bits per heavy atom. The van der Waals surface area contributed by atoms with Crippen molar-refractivity contribution in [1.82, 2.24) is 14.9 Å². The zero-order valence-corrected chi connectivity index (χ0v) is 16.3. The molecule has 1 fully saturated rings. The molecule has 1 aliphatic rings. The maximum atomic E-state index is 11.3. The number of aromatic nitrogens is 2. The molecule has 0 aliphatic carbocycles. The van der Waals surface area contributed by atoms with Crippen LogP contribution in [0.15, 0.2) is 41.6 Å². The Balaban J connectivity index is 1.53. The number of nitrogens with two attached hydrogens (primary N) is 1. The van der Waals surface area contributed by atoms with E-state index in [-0.39, 0.29) is 4.90 Å². The van der Waals surface area contributed by atoms with Gasteiger partial charge in [-0.15, -0.1) is 0 Å². The molecular formula is C18H26N6O2S. The predicted octanol–water partition coefficient (Wildman–Crippen LogP) is 0.921. The van der Waals surface area contributed by atoms with Crippen molar-refractivity contribution in [3.05, 3.63) is 42.2 Å². The third kappa shape index (κ3) is 5.38. The number of hydrogen-bond donors (Lipinski definition) is 2. The van der Waals surface area contributed by atoms with Crippen LogP contribution in [0.4, 0.5) is 11.6 Å². The van der Waals surface area contributed by atoms with Gasteiger partial charge in [0.2, 0.25) is 10.0 Å². The SMILES string of the molecule is CCN1CCN(c2cc(NCCc3ccc(S(N)(=O)=O)cc3)ncn2)CC1. The lowest BCUT2D eigenvalue weighted by Gasteiger charge is -2.34. The van der Waals surface area contributed by atoms with E-state index in [1.165, 1.54) is 12.1 Å². The monoisotopic (exact) mass is 390 g/mol. The van der Waals surface area contributed by atoms with E-state index >= 15 is 0 Å². The number of rotatable bonds is 7. The van der Waals surface area contributed by atoms with Crippen LogP contribution < -0.4 is 15.4 Å². The number of hydrogen-bond acceptors (Lipinski definition) is 7. The molecule has 1 aliphatic heterocycles. The van der Waals surface area contributed by atoms with E-state index in [1.807, 2.05) is 6.07 Å². The fraction of sp³-hybridized carbons (Fsp3) is 0.444. The highest BCUT2D eigenvalue weighted by Gasteiger charge is 2.17. The number of sulfonamides is 1. The first-order valence-corrected chi connectivity index (χ1v) is 10.7. The van der Waals surface area contributed by atoms with Gasteiger partial charge in [-0.05, 0) is 30.7 Å². The van der Waals surface area contributed by atoms with Crippen molar-refractivity contribution in [1.29, 1.82) is 0 Å². The maximum Gasteiger partial charge on any atom is 0.238 e. The number of nitrogens with one attached hydrogen (secondary N) is 1. The Morgan fingerprint density at radius 2 is 1.81 bits per heavy atom. The molecule has 1 saturated heterocycles. The normalized spacial score (nSPS) is 15.7. The summed E-state index contributed by atoms with van der Waals surface area (Å²) in [6.07, 6.45) is 2.34. The van der Waals surface area contributed by atoms with Crippen LogP contribution >= 0.6 is 0 Å². The number of likely N-dealkylation sites (N-methyl/N-ethyl adjacent to an activating group) is 1. The van der Waals surface area contributed by atoms with Crippen molar-refractivity contribution >= 4 is 21.7 Å². The second-order valence-electron chi connectivity index (χ2n) is 6.55. The molecule has 0 saturated carbocycles. The van der Waals surface area contributed by atoms with Gasteiger partial charge in [-0.2, -0.15) is 0 Å². The smallest absolute Gasteiger partial charge is 0.238 e. The predicted molar refractivity (Wildman–Crippen MR) is 106 cm³/mol. The van der Waals surface area contributed by atoms with Gasteiger partial charge in [0.1, 0.15) is 18.0 Å². The molecule has 27 heavy (non-hydrogen) atoms. The van der Waals surface area contributed by atoms with Gasteiger partial charge in [-0.3, -0.25) is 0 Å². The van der Waals surface area contributed by atoms with Crippen molar-refractivity contribution in [3.63, 3.8) is 0 Å². The van der Waals surface area contributed by atoms with Gasteiger partial charge in [0.05, 0.1) is 4.90 Å². The molecule has 1 aromatic heterocycles. The lowest BCUT2D eigenvalue weighted by Crippen LogP contribution is -2.46. The van der Waals surface area contributed by atoms with Gasteiger partial charge in [0.15, 0.2) is 0 Å². The van der Waals surface area contributed by atoms with Gasteiger partial charge in [-0.25, -0.2) is 23.5 Å². The first-order valence-electron chi connectivity index (χ1n) is 9.10. The fourth-order valence-corrected chi connectivity index (χ4v) is 3.61. The van der Waals surface area contributed by atoms with E-state index in [0.29, 0.717) is 6.54 Å². The molecular weight excluding hydrogens is 364 g/mol. The summed E-state index contributed by atoms with van der Waals surface area (Å²) in [5.41, 5.74) is 1.03. The van der Waals surface area contributed by atoms with E-state index in [9.17, 15) is 8.42 Å². The molecule has 0 radical (unpaired) electrons. The molecule has 2 aromatic rings. The molecule has 0 spiro atoms. The minimum Gasteiger partial charge on any atom is -0.370 e. The van der Waals surface area contributed by atoms with Crippen LogP contribution in [-0.2, 0) is 16.4 Å². The summed E-state index contributed by atoms with van der Waals surface area (Å²) in [6, 6.07) is 8.60. The second kappa shape index (κ2) is 8.64. The highest BCUT2D eigenvalue weighted by molar-refractivity contribution is 7.89. The summed E-state index contributed by atoms with van der Waals surface area (Å²) in [5.74, 6) is 1.74. The van der Waals surface area contributed by atoms with Crippen LogP contribution in [0.25, 0.3) is 0 Å². The Bertz CT molecular complexity index is 848. The largest absolute Gasteiger partial charge is 0.370 e. The Hall–Kier alpha value is -2.23. The van der Waals surface area contributed by atoms with E-state index in [2.05, 4.69) is 32.0 Å². The zero-order valence-electron chi connectivity index (χ0n) is 15.5. The number of primary sulfonamides is 1. The fourth-order valence-electron chi connectivity index (χ4n) is 3.09. The average Bonchev–Trinajstić information content (AvgIpc) is 2.68. The quantitative estimate of drug-likeness (QED) is 0.724.